The van der Waals surface area contributed by atoms with E-state index in [1.165, 1.54) is 11.8 Å². The van der Waals surface area contributed by atoms with Gasteiger partial charge in [0.25, 0.3) is 5.56 Å². The second-order valence-corrected chi connectivity index (χ2v) is 9.07. The van der Waals surface area contributed by atoms with Crippen molar-refractivity contribution in [3.8, 4) is 0 Å². The number of carbonyl (C=O) groups excluding carboxylic acids is 1. The van der Waals surface area contributed by atoms with Crippen LogP contribution in [-0.4, -0.2) is 41.8 Å². The van der Waals surface area contributed by atoms with Crippen molar-refractivity contribution in [1.29, 1.82) is 0 Å². The Bertz CT molecular complexity index is 725. The van der Waals surface area contributed by atoms with E-state index >= 15 is 0 Å². The highest BCUT2D eigenvalue weighted by atomic mass is 32.2. The van der Waals surface area contributed by atoms with Crippen LogP contribution < -0.4 is 10.9 Å². The second kappa shape index (κ2) is 6.87. The Balaban J connectivity index is 1.83. The zero-order valence-electron chi connectivity index (χ0n) is 12.6. The lowest BCUT2D eigenvalue weighted by molar-refractivity contribution is -0.118. The second-order valence-electron chi connectivity index (χ2n) is 5.56. The Kier molecular flexibility index (Phi) is 5.33. The number of hydrogen-bond donors (Lipinski definition) is 2. The van der Waals surface area contributed by atoms with E-state index in [1.54, 1.807) is 0 Å². The largest absolute Gasteiger partial charge is 0.351 e. The Morgan fingerprint density at radius 3 is 2.77 bits per heavy atom. The highest BCUT2D eigenvalue weighted by molar-refractivity contribution is 8.02. The lowest BCUT2D eigenvalue weighted by Crippen LogP contribution is -2.29. The van der Waals surface area contributed by atoms with E-state index in [-0.39, 0.29) is 40.5 Å². The molecule has 0 bridgehead atoms. The molecule has 1 aliphatic rings. The molecule has 0 radical (unpaired) electrons. The smallest absolute Gasteiger partial charge is 0.253 e. The summed E-state index contributed by atoms with van der Waals surface area (Å²) in [5, 5.41) is 2.72. The molecule has 1 fully saturated rings. The molecule has 2 heterocycles. The topological polar surface area (TPSA) is 96.1 Å². The van der Waals surface area contributed by atoms with Gasteiger partial charge in [0, 0.05) is 23.1 Å². The molecule has 2 N–H and O–H groups in total. The number of sulfone groups is 1. The van der Waals surface area contributed by atoms with Gasteiger partial charge in [0.2, 0.25) is 5.91 Å². The first-order chi connectivity index (χ1) is 10.3. The number of nitrogens with one attached hydrogen (secondary N) is 2. The summed E-state index contributed by atoms with van der Waals surface area (Å²) in [6.45, 7) is 3.83. The fourth-order valence-electron chi connectivity index (χ4n) is 2.43. The maximum Gasteiger partial charge on any atom is 0.253 e. The molecule has 0 saturated carbocycles. The minimum atomic E-state index is -2.91. The van der Waals surface area contributed by atoms with E-state index in [9.17, 15) is 18.0 Å². The minimum absolute atomic E-state index is 0.000244. The Morgan fingerprint density at radius 1 is 1.45 bits per heavy atom. The van der Waals surface area contributed by atoms with Gasteiger partial charge in [-0.25, -0.2) is 8.42 Å². The molecule has 0 aliphatic carbocycles. The van der Waals surface area contributed by atoms with Crippen LogP contribution in [0.5, 0.6) is 0 Å². The summed E-state index contributed by atoms with van der Waals surface area (Å²) < 4.78 is 22.7. The maximum absolute atomic E-state index is 11.8. The average Bonchev–Trinajstić information content (AvgIpc) is 2.74. The van der Waals surface area contributed by atoms with Crippen LogP contribution in [0.25, 0.3) is 0 Å². The zero-order valence-corrected chi connectivity index (χ0v) is 14.3. The van der Waals surface area contributed by atoms with Crippen molar-refractivity contribution < 1.29 is 13.2 Å². The van der Waals surface area contributed by atoms with Crippen LogP contribution in [-0.2, 0) is 21.2 Å². The van der Waals surface area contributed by atoms with Crippen molar-refractivity contribution in [3.05, 3.63) is 33.2 Å². The molecule has 1 aromatic rings. The third-order valence-electron chi connectivity index (χ3n) is 3.60. The quantitative estimate of drug-likeness (QED) is 0.812. The highest BCUT2D eigenvalue weighted by Crippen LogP contribution is 2.23. The SMILES string of the molecule is Cc1cc(C)c(CNC(=O)CS[C@H]2CCS(=O)(=O)C2)c(=O)[nH]1. The minimum Gasteiger partial charge on any atom is -0.351 e. The summed E-state index contributed by atoms with van der Waals surface area (Å²) >= 11 is 1.36. The van der Waals surface area contributed by atoms with Crippen molar-refractivity contribution >= 4 is 27.5 Å². The van der Waals surface area contributed by atoms with E-state index < -0.39 is 9.84 Å². The molecule has 0 aromatic carbocycles. The number of pyridine rings is 1. The monoisotopic (exact) mass is 344 g/mol. The van der Waals surface area contributed by atoms with Crippen molar-refractivity contribution in [2.45, 2.75) is 32.1 Å². The number of carbonyl (C=O) groups is 1. The lowest BCUT2D eigenvalue weighted by atomic mass is 10.1. The predicted molar refractivity (Wildman–Crippen MR) is 87.9 cm³/mol. The van der Waals surface area contributed by atoms with E-state index in [1.807, 2.05) is 19.9 Å². The zero-order chi connectivity index (χ0) is 16.3. The van der Waals surface area contributed by atoms with Gasteiger partial charge in [-0.15, -0.1) is 11.8 Å². The summed E-state index contributed by atoms with van der Waals surface area (Å²) in [6, 6.07) is 1.86. The van der Waals surface area contributed by atoms with Gasteiger partial charge in [-0.2, -0.15) is 0 Å². The summed E-state index contributed by atoms with van der Waals surface area (Å²) in [5.74, 6) is 0.392. The molecular formula is C14H20N2O4S2. The van der Waals surface area contributed by atoms with Crippen LogP contribution in [0.15, 0.2) is 10.9 Å². The lowest BCUT2D eigenvalue weighted by Gasteiger charge is -2.10. The Morgan fingerprint density at radius 2 is 2.18 bits per heavy atom. The number of aryl methyl sites for hydroxylation is 2. The predicted octanol–water partition coefficient (Wildman–Crippen LogP) is 0.528. The van der Waals surface area contributed by atoms with Crippen molar-refractivity contribution in [2.75, 3.05) is 17.3 Å². The normalized spacial score (nSPS) is 20.0. The standard InChI is InChI=1S/C14H20N2O4S2/c1-9-5-10(2)16-14(18)12(9)6-15-13(17)7-21-11-3-4-22(19,20)8-11/h5,11H,3-4,6-8H2,1-2H3,(H,15,17)(H,16,18)/t11-/m0/s1. The van der Waals surface area contributed by atoms with Crippen LogP contribution in [0.3, 0.4) is 0 Å². The van der Waals surface area contributed by atoms with Crippen molar-refractivity contribution in [3.63, 3.8) is 0 Å². The van der Waals surface area contributed by atoms with Crippen LogP contribution >= 0.6 is 11.8 Å². The van der Waals surface area contributed by atoms with Gasteiger partial charge in [-0.3, -0.25) is 9.59 Å². The third-order valence-corrected chi connectivity index (χ3v) is 6.88. The Hall–Kier alpha value is -1.28. The molecule has 22 heavy (non-hydrogen) atoms. The van der Waals surface area contributed by atoms with Gasteiger partial charge in [-0.05, 0) is 31.9 Å². The van der Waals surface area contributed by atoms with Gasteiger partial charge in [0.05, 0.1) is 17.3 Å². The molecule has 1 saturated heterocycles. The molecule has 0 spiro atoms. The molecule has 8 heteroatoms. The number of rotatable bonds is 5. The van der Waals surface area contributed by atoms with Gasteiger partial charge >= 0.3 is 0 Å². The average molecular weight is 344 g/mol. The summed E-state index contributed by atoms with van der Waals surface area (Å²) in [7, 11) is -2.91. The van der Waals surface area contributed by atoms with Crippen molar-refractivity contribution in [1.82, 2.24) is 10.3 Å². The first-order valence-electron chi connectivity index (χ1n) is 7.05. The van der Waals surface area contributed by atoms with E-state index in [0.29, 0.717) is 12.0 Å². The number of amides is 1. The van der Waals surface area contributed by atoms with Crippen LogP contribution in [0.1, 0.15) is 23.2 Å². The van der Waals surface area contributed by atoms with Gasteiger partial charge in [-0.1, -0.05) is 0 Å². The molecule has 2 rings (SSSR count). The van der Waals surface area contributed by atoms with Crippen molar-refractivity contribution in [2.24, 2.45) is 0 Å². The molecule has 1 aliphatic heterocycles. The molecule has 1 amide bonds. The van der Waals surface area contributed by atoms with Gasteiger partial charge < -0.3 is 10.3 Å². The molecule has 122 valence electrons. The van der Waals surface area contributed by atoms with Gasteiger partial charge in [0.15, 0.2) is 9.84 Å². The fourth-order valence-corrected chi connectivity index (χ4v) is 5.90. The van der Waals surface area contributed by atoms with Crippen LogP contribution in [0, 0.1) is 13.8 Å². The first-order valence-corrected chi connectivity index (χ1v) is 9.92. The first kappa shape index (κ1) is 17.1. The van der Waals surface area contributed by atoms with Gasteiger partial charge in [0.1, 0.15) is 0 Å². The number of H-pyrrole nitrogens is 1. The van der Waals surface area contributed by atoms with E-state index in [4.69, 9.17) is 0 Å². The molecule has 6 nitrogen and oxygen atoms in total. The molecule has 0 unspecified atom stereocenters. The molecule has 1 atom stereocenters. The van der Waals surface area contributed by atoms with E-state index in [2.05, 4.69) is 10.3 Å². The summed E-state index contributed by atoms with van der Waals surface area (Å²) in [5.41, 5.74) is 1.99. The van der Waals surface area contributed by atoms with E-state index in [0.717, 1.165) is 11.3 Å². The third kappa shape index (κ3) is 4.61. The highest BCUT2D eigenvalue weighted by Gasteiger charge is 2.28. The molecular weight excluding hydrogens is 324 g/mol. The number of hydrogen-bond acceptors (Lipinski definition) is 5. The van der Waals surface area contributed by atoms with Crippen LogP contribution in [0.2, 0.25) is 0 Å². The Labute approximate surface area is 134 Å². The molecule has 1 aromatic heterocycles. The fraction of sp³-hybridized carbons (Fsp3) is 0.571. The number of aromatic nitrogens is 1. The summed E-state index contributed by atoms with van der Waals surface area (Å²) in [4.78, 5) is 26.4. The number of thioether (sulfide) groups is 1. The summed E-state index contributed by atoms with van der Waals surface area (Å²) in [6.07, 6.45) is 0.608. The maximum atomic E-state index is 11.8. The van der Waals surface area contributed by atoms with Crippen LogP contribution in [0.4, 0.5) is 0 Å². The number of aromatic amines is 1.